The van der Waals surface area contributed by atoms with Crippen molar-refractivity contribution in [3.8, 4) is 11.4 Å². The molecule has 1 saturated carbocycles. The molecule has 0 amide bonds. The number of hydrogen-bond donors (Lipinski definition) is 1. The molecule has 110 valence electrons. The average Bonchev–Trinajstić information content (AvgIpc) is 3.23. The number of aliphatic carboxylic acids is 1. The van der Waals surface area contributed by atoms with Gasteiger partial charge in [0.15, 0.2) is 11.0 Å². The Bertz CT molecular complexity index is 623. The average molecular weight is 303 g/mol. The van der Waals surface area contributed by atoms with Crippen molar-refractivity contribution in [3.05, 3.63) is 30.3 Å². The van der Waals surface area contributed by atoms with E-state index in [0.717, 1.165) is 30.3 Å². The summed E-state index contributed by atoms with van der Waals surface area (Å²) in [5, 5.41) is 18.0. The quantitative estimate of drug-likeness (QED) is 0.797. The van der Waals surface area contributed by atoms with Crippen LogP contribution in [0.25, 0.3) is 11.4 Å². The molecule has 0 atom stereocenters. The van der Waals surface area contributed by atoms with Crippen LogP contribution in [0.15, 0.2) is 35.5 Å². The summed E-state index contributed by atoms with van der Waals surface area (Å²) >= 11 is 1.23. The third-order valence-electron chi connectivity index (χ3n) is 3.53. The van der Waals surface area contributed by atoms with Gasteiger partial charge >= 0.3 is 5.97 Å². The molecule has 6 heteroatoms. The van der Waals surface area contributed by atoms with Crippen LogP contribution in [0.2, 0.25) is 0 Å². The Balaban J connectivity index is 1.85. The number of thioether (sulfide) groups is 1. The monoisotopic (exact) mass is 303 g/mol. The topological polar surface area (TPSA) is 68.0 Å². The Morgan fingerprint density at radius 1 is 1.29 bits per heavy atom. The van der Waals surface area contributed by atoms with E-state index in [1.807, 2.05) is 30.3 Å². The van der Waals surface area contributed by atoms with Crippen molar-refractivity contribution in [1.82, 2.24) is 14.8 Å². The minimum Gasteiger partial charge on any atom is -0.481 e. The predicted octanol–water partition coefficient (Wildman–Crippen LogP) is 2.92. The van der Waals surface area contributed by atoms with Gasteiger partial charge in [-0.15, -0.1) is 10.2 Å². The molecule has 1 N–H and O–H groups in total. The second-order valence-corrected chi connectivity index (χ2v) is 6.18. The lowest BCUT2D eigenvalue weighted by atomic mass is 10.2. The molecule has 21 heavy (non-hydrogen) atoms. The summed E-state index contributed by atoms with van der Waals surface area (Å²) in [6.07, 6.45) is 3.72. The van der Waals surface area contributed by atoms with Crippen LogP contribution in [-0.2, 0) is 11.3 Å². The maximum absolute atomic E-state index is 10.8. The molecule has 3 rings (SSSR count). The molecule has 2 aromatic rings. The van der Waals surface area contributed by atoms with Gasteiger partial charge in [-0.05, 0) is 12.3 Å². The first-order valence-corrected chi connectivity index (χ1v) is 8.06. The summed E-state index contributed by atoms with van der Waals surface area (Å²) in [6, 6.07) is 9.92. The van der Waals surface area contributed by atoms with Crippen LogP contribution in [-0.4, -0.2) is 31.6 Å². The van der Waals surface area contributed by atoms with Gasteiger partial charge in [0.05, 0.1) is 5.75 Å². The van der Waals surface area contributed by atoms with Crippen LogP contribution in [0.3, 0.4) is 0 Å². The summed E-state index contributed by atoms with van der Waals surface area (Å²) in [6.45, 7) is 0.851. The molecule has 0 saturated heterocycles. The van der Waals surface area contributed by atoms with Gasteiger partial charge in [-0.25, -0.2) is 0 Å². The van der Waals surface area contributed by atoms with Crippen LogP contribution in [0.1, 0.15) is 19.3 Å². The van der Waals surface area contributed by atoms with Gasteiger partial charge in [0.1, 0.15) is 0 Å². The standard InChI is InChI=1S/C15H17N3O2S/c19-13(20)10-21-15-17-16-14(12-4-2-1-3-5-12)18(15)9-8-11-6-7-11/h1-5,11H,6-10H2,(H,19,20). The lowest BCUT2D eigenvalue weighted by Gasteiger charge is -2.09. The summed E-state index contributed by atoms with van der Waals surface area (Å²) in [5.74, 6) is 0.812. The zero-order valence-corrected chi connectivity index (χ0v) is 12.4. The van der Waals surface area contributed by atoms with Crippen molar-refractivity contribution in [2.24, 2.45) is 5.92 Å². The third kappa shape index (κ3) is 3.64. The van der Waals surface area contributed by atoms with Crippen molar-refractivity contribution in [2.75, 3.05) is 5.75 Å². The molecule has 1 aromatic carbocycles. The van der Waals surface area contributed by atoms with E-state index in [1.165, 1.54) is 24.6 Å². The normalized spacial score (nSPS) is 14.3. The van der Waals surface area contributed by atoms with E-state index >= 15 is 0 Å². The highest BCUT2D eigenvalue weighted by Gasteiger charge is 2.23. The smallest absolute Gasteiger partial charge is 0.313 e. The van der Waals surface area contributed by atoms with E-state index in [9.17, 15) is 4.79 Å². The van der Waals surface area contributed by atoms with E-state index in [0.29, 0.717) is 5.16 Å². The summed E-state index contributed by atoms with van der Waals surface area (Å²) in [5.41, 5.74) is 1.02. The number of carboxylic acid groups (broad SMARTS) is 1. The van der Waals surface area contributed by atoms with Gasteiger partial charge in [-0.1, -0.05) is 54.9 Å². The number of benzene rings is 1. The summed E-state index contributed by atoms with van der Waals surface area (Å²) < 4.78 is 2.06. The molecule has 1 heterocycles. The molecule has 0 bridgehead atoms. The van der Waals surface area contributed by atoms with Crippen molar-refractivity contribution in [3.63, 3.8) is 0 Å². The Hall–Kier alpha value is -1.82. The van der Waals surface area contributed by atoms with Gasteiger partial charge in [-0.3, -0.25) is 4.79 Å². The fourth-order valence-corrected chi connectivity index (χ4v) is 2.93. The molecule has 0 radical (unpaired) electrons. The molecule has 5 nitrogen and oxygen atoms in total. The molecule has 1 aromatic heterocycles. The largest absolute Gasteiger partial charge is 0.481 e. The number of aromatic nitrogens is 3. The fraction of sp³-hybridized carbons (Fsp3) is 0.400. The van der Waals surface area contributed by atoms with Gasteiger partial charge in [-0.2, -0.15) is 0 Å². The van der Waals surface area contributed by atoms with Crippen LogP contribution < -0.4 is 0 Å². The zero-order valence-electron chi connectivity index (χ0n) is 11.6. The van der Waals surface area contributed by atoms with E-state index in [-0.39, 0.29) is 5.75 Å². The van der Waals surface area contributed by atoms with Crippen molar-refractivity contribution in [2.45, 2.75) is 31.0 Å². The third-order valence-corrected chi connectivity index (χ3v) is 4.48. The van der Waals surface area contributed by atoms with Crippen molar-refractivity contribution >= 4 is 17.7 Å². The number of carbonyl (C=O) groups is 1. The second-order valence-electron chi connectivity index (χ2n) is 5.24. The minimum atomic E-state index is -0.835. The van der Waals surface area contributed by atoms with Gasteiger partial charge in [0, 0.05) is 12.1 Å². The van der Waals surface area contributed by atoms with E-state index in [2.05, 4.69) is 14.8 Å². The first kappa shape index (κ1) is 14.1. The van der Waals surface area contributed by atoms with Crippen LogP contribution >= 0.6 is 11.8 Å². The molecule has 1 aliphatic rings. The molecule has 1 fully saturated rings. The lowest BCUT2D eigenvalue weighted by Crippen LogP contribution is -2.05. The minimum absolute atomic E-state index is 0.0103. The first-order valence-electron chi connectivity index (χ1n) is 7.07. The Morgan fingerprint density at radius 2 is 2.05 bits per heavy atom. The Kier molecular flexibility index (Phi) is 4.24. The van der Waals surface area contributed by atoms with Gasteiger partial charge in [0.25, 0.3) is 0 Å². The van der Waals surface area contributed by atoms with Crippen LogP contribution in [0, 0.1) is 5.92 Å². The number of nitrogens with zero attached hydrogens (tertiary/aromatic N) is 3. The van der Waals surface area contributed by atoms with E-state index < -0.39 is 5.97 Å². The summed E-state index contributed by atoms with van der Waals surface area (Å²) in [4.78, 5) is 10.8. The Labute approximate surface area is 127 Å². The Morgan fingerprint density at radius 3 is 2.71 bits per heavy atom. The lowest BCUT2D eigenvalue weighted by molar-refractivity contribution is -0.133. The fourth-order valence-electron chi connectivity index (χ4n) is 2.24. The predicted molar refractivity (Wildman–Crippen MR) is 81.2 cm³/mol. The van der Waals surface area contributed by atoms with Crippen LogP contribution in [0.4, 0.5) is 0 Å². The van der Waals surface area contributed by atoms with Gasteiger partial charge in [0.2, 0.25) is 0 Å². The van der Waals surface area contributed by atoms with Gasteiger partial charge < -0.3 is 9.67 Å². The maximum atomic E-state index is 10.8. The highest BCUT2D eigenvalue weighted by atomic mass is 32.2. The molecular formula is C15H17N3O2S. The number of carboxylic acids is 1. The van der Waals surface area contributed by atoms with Crippen LogP contribution in [0.5, 0.6) is 0 Å². The SMILES string of the molecule is O=C(O)CSc1nnc(-c2ccccc2)n1CCC1CC1. The number of rotatable bonds is 7. The highest BCUT2D eigenvalue weighted by Crippen LogP contribution is 2.34. The van der Waals surface area contributed by atoms with Crippen molar-refractivity contribution < 1.29 is 9.90 Å². The second kappa shape index (κ2) is 6.30. The van der Waals surface area contributed by atoms with E-state index in [4.69, 9.17) is 5.11 Å². The molecule has 0 spiro atoms. The molecule has 0 aliphatic heterocycles. The zero-order chi connectivity index (χ0) is 14.7. The van der Waals surface area contributed by atoms with Crippen molar-refractivity contribution in [1.29, 1.82) is 0 Å². The summed E-state index contributed by atoms with van der Waals surface area (Å²) in [7, 11) is 0. The molecule has 0 unspecified atom stereocenters. The molecular weight excluding hydrogens is 286 g/mol. The number of hydrogen-bond acceptors (Lipinski definition) is 4. The first-order chi connectivity index (χ1) is 10.2. The van der Waals surface area contributed by atoms with E-state index in [1.54, 1.807) is 0 Å². The highest BCUT2D eigenvalue weighted by molar-refractivity contribution is 7.99. The maximum Gasteiger partial charge on any atom is 0.313 e. The molecule has 1 aliphatic carbocycles.